The first-order valence-corrected chi connectivity index (χ1v) is 13.2. The molecule has 2 amide bonds. The molecule has 0 saturated heterocycles. The van der Waals surface area contributed by atoms with Crippen molar-refractivity contribution < 1.29 is 27.5 Å². The van der Waals surface area contributed by atoms with E-state index in [0.717, 1.165) is 29.2 Å². The predicted molar refractivity (Wildman–Crippen MR) is 147 cm³/mol. The van der Waals surface area contributed by atoms with Crippen LogP contribution in [0, 0.1) is 17.8 Å². The van der Waals surface area contributed by atoms with E-state index in [0.29, 0.717) is 42.7 Å². The Kier molecular flexibility index (Phi) is 8.81. The van der Waals surface area contributed by atoms with Crippen LogP contribution in [0.1, 0.15) is 59.9 Å². The number of anilines is 1. The monoisotopic (exact) mass is 552 g/mol. The number of halogens is 3. The highest BCUT2D eigenvalue weighted by atomic mass is 19.4. The number of benzene rings is 2. The van der Waals surface area contributed by atoms with Crippen molar-refractivity contribution in [3.05, 3.63) is 88.6 Å². The van der Waals surface area contributed by atoms with Crippen LogP contribution in [0.15, 0.2) is 54.7 Å². The number of amides is 2. The molecule has 2 atom stereocenters. The maximum Gasteiger partial charge on any atom is 0.416 e. The number of carbonyl (C=O) groups is 2. The zero-order chi connectivity index (χ0) is 29.0. The first kappa shape index (κ1) is 29.1. The van der Waals surface area contributed by atoms with Crippen molar-refractivity contribution in [1.29, 1.82) is 0 Å². The van der Waals surface area contributed by atoms with Crippen molar-refractivity contribution >= 4 is 17.5 Å². The average Bonchev–Trinajstić information content (AvgIpc) is 2.91. The van der Waals surface area contributed by atoms with Gasteiger partial charge in [0.15, 0.2) is 0 Å². The highest BCUT2D eigenvalue weighted by Crippen LogP contribution is 2.35. The molecule has 1 heterocycles. The lowest BCUT2D eigenvalue weighted by Gasteiger charge is -2.25. The van der Waals surface area contributed by atoms with E-state index in [2.05, 4.69) is 15.6 Å². The van der Waals surface area contributed by atoms with Gasteiger partial charge in [-0.25, -0.2) is 0 Å². The number of hydrogen-bond donors (Lipinski definition) is 2. The van der Waals surface area contributed by atoms with Crippen LogP contribution in [-0.4, -0.2) is 23.8 Å². The molecule has 40 heavy (non-hydrogen) atoms. The summed E-state index contributed by atoms with van der Waals surface area (Å²) in [5.74, 6) is 1.21. The largest absolute Gasteiger partial charge is 0.457 e. The fourth-order valence-electron chi connectivity index (χ4n) is 4.73. The van der Waals surface area contributed by atoms with Crippen molar-refractivity contribution in [3.8, 4) is 11.5 Å². The van der Waals surface area contributed by atoms with E-state index in [4.69, 9.17) is 4.74 Å². The van der Waals surface area contributed by atoms with Gasteiger partial charge < -0.3 is 15.4 Å². The first-order chi connectivity index (χ1) is 18.9. The average molecular weight is 553 g/mol. The van der Waals surface area contributed by atoms with Crippen LogP contribution in [0.5, 0.6) is 11.5 Å². The number of aromatic nitrogens is 1. The second-order valence-corrected chi connectivity index (χ2v) is 10.5. The third-order valence-corrected chi connectivity index (χ3v) is 7.32. The standard InChI is InChI=1S/C31H33F3N3O3/c1-18(2)19(3)11-20-12-24(31(32,33)34)16-25(13-20)37-29(38)22-6-5-21-7-8-26(15-23(21)14-22)40-27-9-10-36-28(17-27)30(39)35-4/h7-10,12-13,15-17,19,22H,5-6,11,14H2,1-4H3,(H,35,39)(H,37,38). The number of nitrogens with one attached hydrogen (secondary N) is 2. The summed E-state index contributed by atoms with van der Waals surface area (Å²) in [6.45, 7) is 5.88. The van der Waals surface area contributed by atoms with Gasteiger partial charge >= 0.3 is 6.18 Å². The van der Waals surface area contributed by atoms with E-state index in [9.17, 15) is 22.8 Å². The Morgan fingerprint density at radius 3 is 2.50 bits per heavy atom. The molecule has 0 fully saturated rings. The van der Waals surface area contributed by atoms with Crippen molar-refractivity contribution in [3.63, 3.8) is 0 Å². The molecule has 0 saturated carbocycles. The van der Waals surface area contributed by atoms with E-state index in [1.807, 2.05) is 39.0 Å². The SMILES string of the molecule is CNC(=O)c1cc(Oc2ccc3c(c2)CC(C(=O)Nc2cc(CC(C)[C](C)C)cc(C(F)(F)F)c2)CC3)ccn1. The quantitative estimate of drug-likeness (QED) is 0.323. The minimum atomic E-state index is -4.51. The van der Waals surface area contributed by atoms with E-state index in [1.165, 1.54) is 13.2 Å². The molecule has 2 aromatic carbocycles. The molecule has 1 radical (unpaired) electrons. The number of fused-ring (bicyclic) bond motifs is 1. The molecule has 6 nitrogen and oxygen atoms in total. The number of nitrogens with zero attached hydrogens (tertiary/aromatic N) is 1. The summed E-state index contributed by atoms with van der Waals surface area (Å²) in [6, 6.07) is 12.6. The zero-order valence-electron chi connectivity index (χ0n) is 23.0. The van der Waals surface area contributed by atoms with Gasteiger partial charge in [-0.05, 0) is 90.6 Å². The van der Waals surface area contributed by atoms with Crippen LogP contribution in [-0.2, 0) is 30.2 Å². The molecule has 2 unspecified atom stereocenters. The lowest BCUT2D eigenvalue weighted by Crippen LogP contribution is -2.28. The lowest BCUT2D eigenvalue weighted by atomic mass is 9.83. The molecular formula is C31H33F3N3O3. The summed E-state index contributed by atoms with van der Waals surface area (Å²) in [5, 5.41) is 5.27. The summed E-state index contributed by atoms with van der Waals surface area (Å²) >= 11 is 0. The number of alkyl halides is 3. The van der Waals surface area contributed by atoms with Gasteiger partial charge in [0.1, 0.15) is 17.2 Å². The molecule has 1 aliphatic carbocycles. The summed E-state index contributed by atoms with van der Waals surface area (Å²) in [5.41, 5.74) is 2.18. The second-order valence-electron chi connectivity index (χ2n) is 10.5. The molecule has 1 aromatic heterocycles. The fraction of sp³-hybridized carbons (Fsp3) is 0.355. The van der Waals surface area contributed by atoms with Gasteiger partial charge in [-0.3, -0.25) is 14.6 Å². The van der Waals surface area contributed by atoms with Gasteiger partial charge in [-0.1, -0.05) is 26.8 Å². The van der Waals surface area contributed by atoms with Crippen LogP contribution in [0.2, 0.25) is 0 Å². The molecular weight excluding hydrogens is 519 g/mol. The topological polar surface area (TPSA) is 80.3 Å². The lowest BCUT2D eigenvalue weighted by molar-refractivity contribution is -0.137. The number of pyridine rings is 1. The van der Waals surface area contributed by atoms with Crippen molar-refractivity contribution in [2.24, 2.45) is 11.8 Å². The van der Waals surface area contributed by atoms with Crippen LogP contribution >= 0.6 is 0 Å². The number of rotatable bonds is 8. The van der Waals surface area contributed by atoms with Crippen molar-refractivity contribution in [2.75, 3.05) is 12.4 Å². The highest BCUT2D eigenvalue weighted by Gasteiger charge is 2.32. The minimum absolute atomic E-state index is 0.112. The van der Waals surface area contributed by atoms with Crippen molar-refractivity contribution in [2.45, 2.75) is 52.6 Å². The summed E-state index contributed by atoms with van der Waals surface area (Å²) in [7, 11) is 1.52. The molecule has 9 heteroatoms. The van der Waals surface area contributed by atoms with Gasteiger partial charge in [0.2, 0.25) is 5.91 Å². The van der Waals surface area contributed by atoms with E-state index < -0.39 is 17.7 Å². The summed E-state index contributed by atoms with van der Waals surface area (Å²) in [6.07, 6.45) is -0.881. The Morgan fingerprint density at radius 1 is 1.05 bits per heavy atom. The molecule has 1 aliphatic rings. The Morgan fingerprint density at radius 2 is 1.80 bits per heavy atom. The fourth-order valence-corrected chi connectivity index (χ4v) is 4.73. The molecule has 0 aliphatic heterocycles. The van der Waals surface area contributed by atoms with E-state index in [-0.39, 0.29) is 29.1 Å². The summed E-state index contributed by atoms with van der Waals surface area (Å²) < 4.78 is 46.8. The van der Waals surface area contributed by atoms with Crippen molar-refractivity contribution in [1.82, 2.24) is 10.3 Å². The Hall–Kier alpha value is -3.88. The highest BCUT2D eigenvalue weighted by molar-refractivity contribution is 5.93. The zero-order valence-corrected chi connectivity index (χ0v) is 23.0. The first-order valence-electron chi connectivity index (χ1n) is 13.2. The van der Waals surface area contributed by atoms with Gasteiger partial charge in [0.05, 0.1) is 5.56 Å². The smallest absolute Gasteiger partial charge is 0.416 e. The number of aryl methyl sites for hydroxylation is 1. The molecule has 2 N–H and O–H groups in total. The molecule has 4 rings (SSSR count). The van der Waals surface area contributed by atoms with E-state index in [1.54, 1.807) is 18.2 Å². The van der Waals surface area contributed by atoms with Crippen LogP contribution in [0.3, 0.4) is 0 Å². The third kappa shape index (κ3) is 7.20. The van der Waals surface area contributed by atoms with Gasteiger partial charge in [0.25, 0.3) is 5.91 Å². The normalized spacial score (nSPS) is 15.8. The third-order valence-electron chi connectivity index (χ3n) is 7.32. The van der Waals surface area contributed by atoms with Gasteiger partial charge in [-0.15, -0.1) is 0 Å². The molecule has 3 aromatic rings. The molecule has 0 bridgehead atoms. The number of carbonyl (C=O) groups excluding carboxylic acids is 2. The maximum absolute atomic E-state index is 13.6. The molecule has 0 spiro atoms. The van der Waals surface area contributed by atoms with Gasteiger partial charge in [0, 0.05) is 30.9 Å². The maximum atomic E-state index is 13.6. The second kappa shape index (κ2) is 12.1. The Labute approximate surface area is 232 Å². The Bertz CT molecular complexity index is 1390. The Balaban J connectivity index is 1.49. The van der Waals surface area contributed by atoms with Crippen LogP contribution in [0.25, 0.3) is 0 Å². The number of ether oxygens (including phenoxy) is 1. The predicted octanol–water partition coefficient (Wildman–Crippen LogP) is 6.79. The van der Waals surface area contributed by atoms with Gasteiger partial charge in [-0.2, -0.15) is 13.2 Å². The molecule has 211 valence electrons. The summed E-state index contributed by atoms with van der Waals surface area (Å²) in [4.78, 5) is 29.1. The van der Waals surface area contributed by atoms with Crippen LogP contribution < -0.4 is 15.4 Å². The number of hydrogen-bond acceptors (Lipinski definition) is 4. The van der Waals surface area contributed by atoms with E-state index >= 15 is 0 Å². The minimum Gasteiger partial charge on any atom is -0.457 e. The van der Waals surface area contributed by atoms with Crippen LogP contribution in [0.4, 0.5) is 18.9 Å².